The third kappa shape index (κ3) is 5.11. The lowest BCUT2D eigenvalue weighted by Gasteiger charge is -2.29. The van der Waals surface area contributed by atoms with Crippen LogP contribution in [0.25, 0.3) is 0 Å². The van der Waals surface area contributed by atoms with Crippen LogP contribution in [0.3, 0.4) is 0 Å². The summed E-state index contributed by atoms with van der Waals surface area (Å²) in [6, 6.07) is 5.29. The maximum absolute atomic E-state index is 12.9. The van der Waals surface area contributed by atoms with Crippen molar-refractivity contribution in [2.75, 3.05) is 19.6 Å². The van der Waals surface area contributed by atoms with Gasteiger partial charge in [0, 0.05) is 25.0 Å². The lowest BCUT2D eigenvalue weighted by atomic mass is 9.80. The molecule has 0 aliphatic carbocycles. The first kappa shape index (κ1) is 19.6. The molecule has 2 N–H and O–H groups in total. The maximum Gasteiger partial charge on any atom is 0.416 e. The van der Waals surface area contributed by atoms with Crippen molar-refractivity contribution in [1.82, 2.24) is 4.90 Å². The lowest BCUT2D eigenvalue weighted by molar-refractivity contribution is -0.137. The molecule has 1 heterocycles. The van der Waals surface area contributed by atoms with Crippen LogP contribution in [0, 0.1) is 5.41 Å². The van der Waals surface area contributed by atoms with Gasteiger partial charge >= 0.3 is 12.3 Å². The van der Waals surface area contributed by atoms with Crippen LogP contribution < -0.4 is 5.73 Å². The number of likely N-dealkylation sites (tertiary alicyclic amines) is 1. The number of nitrogens with zero attached hydrogens (tertiary/aromatic N) is 1. The van der Waals surface area contributed by atoms with Gasteiger partial charge in [0.2, 0.25) is 0 Å². The zero-order valence-corrected chi connectivity index (χ0v) is 14.8. The summed E-state index contributed by atoms with van der Waals surface area (Å²) >= 11 is 0. The van der Waals surface area contributed by atoms with E-state index in [2.05, 4.69) is 0 Å². The van der Waals surface area contributed by atoms with Crippen LogP contribution in [0.4, 0.5) is 18.0 Å². The molecular weight excluding hydrogens is 333 g/mol. The molecule has 1 aliphatic heterocycles. The van der Waals surface area contributed by atoms with Crippen LogP contribution in [-0.2, 0) is 17.3 Å². The molecule has 1 atom stereocenters. The molecule has 1 saturated heterocycles. The zero-order valence-electron chi connectivity index (χ0n) is 14.8. The van der Waals surface area contributed by atoms with E-state index in [9.17, 15) is 18.0 Å². The van der Waals surface area contributed by atoms with Crippen LogP contribution in [0.2, 0.25) is 0 Å². The number of rotatable bonds is 3. The van der Waals surface area contributed by atoms with Crippen molar-refractivity contribution < 1.29 is 22.7 Å². The minimum Gasteiger partial charge on any atom is -0.444 e. The van der Waals surface area contributed by atoms with Gasteiger partial charge in [-0.15, -0.1) is 0 Å². The molecule has 0 aromatic heterocycles. The molecule has 1 unspecified atom stereocenters. The molecule has 25 heavy (non-hydrogen) atoms. The second-order valence-corrected chi connectivity index (χ2v) is 7.73. The zero-order chi connectivity index (χ0) is 18.9. The van der Waals surface area contributed by atoms with Gasteiger partial charge in [-0.05, 0) is 45.2 Å². The molecule has 1 aromatic rings. The van der Waals surface area contributed by atoms with E-state index in [4.69, 9.17) is 10.5 Å². The van der Waals surface area contributed by atoms with Gasteiger partial charge in [-0.1, -0.05) is 18.2 Å². The second-order valence-electron chi connectivity index (χ2n) is 7.73. The van der Waals surface area contributed by atoms with E-state index in [0.717, 1.165) is 12.1 Å². The Kier molecular flexibility index (Phi) is 5.37. The summed E-state index contributed by atoms with van der Waals surface area (Å²) in [5, 5.41) is 0. The Hall–Kier alpha value is -1.76. The molecule has 1 aliphatic rings. The highest BCUT2D eigenvalue weighted by Gasteiger charge is 2.40. The summed E-state index contributed by atoms with van der Waals surface area (Å²) in [5.74, 6) is 0. The van der Waals surface area contributed by atoms with Crippen molar-refractivity contribution in [3.63, 3.8) is 0 Å². The van der Waals surface area contributed by atoms with Gasteiger partial charge in [-0.3, -0.25) is 0 Å². The minimum atomic E-state index is -4.37. The van der Waals surface area contributed by atoms with Crippen molar-refractivity contribution in [2.45, 2.75) is 45.4 Å². The smallest absolute Gasteiger partial charge is 0.416 e. The third-order valence-electron chi connectivity index (χ3n) is 4.36. The number of nitrogens with two attached hydrogens (primary N) is 1. The molecule has 1 fully saturated rings. The number of halogens is 3. The molecule has 140 valence electrons. The molecule has 2 rings (SSSR count). The third-order valence-corrected chi connectivity index (χ3v) is 4.36. The summed E-state index contributed by atoms with van der Waals surface area (Å²) in [6.45, 7) is 6.54. The Labute approximate surface area is 146 Å². The topological polar surface area (TPSA) is 55.6 Å². The standard InChI is InChI=1S/C18H25F3N2O2/c1-16(2,3)25-15(24)23-8-7-17(11-22,12-23)10-13-5-4-6-14(9-13)18(19,20)21/h4-6,9H,7-8,10-12,22H2,1-3H3. The Morgan fingerprint density at radius 2 is 2.00 bits per heavy atom. The van der Waals surface area contributed by atoms with Crippen molar-refractivity contribution >= 4 is 6.09 Å². The molecule has 0 bridgehead atoms. The average Bonchev–Trinajstić information content (AvgIpc) is 2.90. The van der Waals surface area contributed by atoms with E-state index < -0.39 is 28.8 Å². The van der Waals surface area contributed by atoms with Crippen molar-refractivity contribution in [1.29, 1.82) is 0 Å². The summed E-state index contributed by atoms with van der Waals surface area (Å²) in [7, 11) is 0. The maximum atomic E-state index is 12.9. The van der Waals surface area contributed by atoms with Crippen LogP contribution in [-0.4, -0.2) is 36.2 Å². The van der Waals surface area contributed by atoms with Crippen molar-refractivity contribution in [3.05, 3.63) is 35.4 Å². The number of alkyl halides is 3. The van der Waals surface area contributed by atoms with Gasteiger partial charge in [0.25, 0.3) is 0 Å². The van der Waals surface area contributed by atoms with E-state index in [0.29, 0.717) is 38.0 Å². The summed E-state index contributed by atoms with van der Waals surface area (Å²) in [6.07, 6.45) is -3.75. The second kappa shape index (κ2) is 6.86. The largest absolute Gasteiger partial charge is 0.444 e. The number of benzene rings is 1. The van der Waals surface area contributed by atoms with E-state index in [1.54, 1.807) is 31.7 Å². The molecule has 0 radical (unpaired) electrons. The summed E-state index contributed by atoms with van der Waals surface area (Å²) in [5.41, 5.74) is 4.82. The first-order valence-electron chi connectivity index (χ1n) is 8.28. The highest BCUT2D eigenvalue weighted by atomic mass is 19.4. The van der Waals surface area contributed by atoms with Crippen molar-refractivity contribution in [3.8, 4) is 0 Å². The van der Waals surface area contributed by atoms with E-state index in [-0.39, 0.29) is 0 Å². The van der Waals surface area contributed by atoms with Crippen molar-refractivity contribution in [2.24, 2.45) is 11.1 Å². The fourth-order valence-electron chi connectivity index (χ4n) is 3.09. The molecule has 4 nitrogen and oxygen atoms in total. The number of carbonyl (C=O) groups excluding carboxylic acids is 1. The highest BCUT2D eigenvalue weighted by molar-refractivity contribution is 5.68. The number of ether oxygens (including phenoxy) is 1. The fraction of sp³-hybridized carbons (Fsp3) is 0.611. The molecular formula is C18H25F3N2O2. The number of hydrogen-bond acceptors (Lipinski definition) is 3. The lowest BCUT2D eigenvalue weighted by Crippen LogP contribution is -2.40. The minimum absolute atomic E-state index is 0.294. The molecule has 7 heteroatoms. The number of amides is 1. The highest BCUT2D eigenvalue weighted by Crippen LogP contribution is 2.36. The molecule has 0 saturated carbocycles. The van der Waals surface area contributed by atoms with E-state index >= 15 is 0 Å². The van der Waals surface area contributed by atoms with Crippen LogP contribution in [0.15, 0.2) is 24.3 Å². The van der Waals surface area contributed by atoms with Crippen LogP contribution in [0.1, 0.15) is 38.3 Å². The van der Waals surface area contributed by atoms with Gasteiger partial charge in [-0.2, -0.15) is 13.2 Å². The van der Waals surface area contributed by atoms with Gasteiger partial charge in [0.15, 0.2) is 0 Å². The molecule has 1 amide bonds. The number of hydrogen-bond donors (Lipinski definition) is 1. The Morgan fingerprint density at radius 3 is 2.56 bits per heavy atom. The predicted molar refractivity (Wildman–Crippen MR) is 89.1 cm³/mol. The Bertz CT molecular complexity index is 625. The summed E-state index contributed by atoms with van der Waals surface area (Å²) in [4.78, 5) is 13.8. The van der Waals surface area contributed by atoms with E-state index in [1.807, 2.05) is 0 Å². The Morgan fingerprint density at radius 1 is 1.32 bits per heavy atom. The average molecular weight is 358 g/mol. The predicted octanol–water partition coefficient (Wildman–Crippen LogP) is 3.83. The molecule has 1 aromatic carbocycles. The Balaban J connectivity index is 2.11. The monoisotopic (exact) mass is 358 g/mol. The van der Waals surface area contributed by atoms with Gasteiger partial charge in [0.05, 0.1) is 5.56 Å². The first-order chi connectivity index (χ1) is 11.4. The number of carbonyl (C=O) groups is 1. The van der Waals surface area contributed by atoms with Crippen LogP contribution in [0.5, 0.6) is 0 Å². The van der Waals surface area contributed by atoms with Gasteiger partial charge in [-0.25, -0.2) is 4.79 Å². The van der Waals surface area contributed by atoms with Crippen LogP contribution >= 0.6 is 0 Å². The fourth-order valence-corrected chi connectivity index (χ4v) is 3.09. The first-order valence-corrected chi connectivity index (χ1v) is 8.28. The SMILES string of the molecule is CC(C)(C)OC(=O)N1CCC(CN)(Cc2cccc(C(F)(F)F)c2)C1. The van der Waals surface area contributed by atoms with E-state index in [1.165, 1.54) is 6.07 Å². The van der Waals surface area contributed by atoms with Gasteiger partial charge in [0.1, 0.15) is 5.60 Å². The molecule has 0 spiro atoms. The quantitative estimate of drug-likeness (QED) is 0.893. The normalized spacial score (nSPS) is 21.5. The summed E-state index contributed by atoms with van der Waals surface area (Å²) < 4.78 is 44.0. The van der Waals surface area contributed by atoms with Gasteiger partial charge < -0.3 is 15.4 Å².